The van der Waals surface area contributed by atoms with Gasteiger partial charge in [0.2, 0.25) is 11.8 Å². The Labute approximate surface area is 175 Å². The minimum atomic E-state index is -0.388. The number of anilines is 2. The second-order valence-electron chi connectivity index (χ2n) is 5.97. The number of nitrogens with zero attached hydrogens (tertiary/aromatic N) is 3. The molecular formula is C19H18BrN5O2S. The number of benzene rings is 2. The van der Waals surface area contributed by atoms with Crippen LogP contribution in [0.1, 0.15) is 13.8 Å². The fourth-order valence-electron chi connectivity index (χ4n) is 2.44. The van der Waals surface area contributed by atoms with E-state index in [1.165, 1.54) is 18.7 Å². The Hall–Kier alpha value is -2.65. The van der Waals surface area contributed by atoms with Crippen LogP contribution in [-0.4, -0.2) is 31.8 Å². The summed E-state index contributed by atoms with van der Waals surface area (Å²) in [6.45, 7) is 3.27. The van der Waals surface area contributed by atoms with Crippen molar-refractivity contribution in [3.05, 3.63) is 59.3 Å². The Morgan fingerprint density at radius 1 is 1.11 bits per heavy atom. The standard InChI is InChI=1S/C19H18BrN5O2S/c1-12(18(27)23-15-6-3-5-14(20)9-15)28-19-24-21-11-25(19)17-8-4-7-16(10-17)22-13(2)26/h3-12H,1-2H3,(H,22,26)(H,23,27). The van der Waals surface area contributed by atoms with Crippen LogP contribution >= 0.6 is 27.7 Å². The van der Waals surface area contributed by atoms with Crippen molar-refractivity contribution < 1.29 is 9.59 Å². The molecule has 7 nitrogen and oxygen atoms in total. The summed E-state index contributed by atoms with van der Waals surface area (Å²) in [5.41, 5.74) is 2.18. The SMILES string of the molecule is CC(=O)Nc1cccc(-n2cnnc2SC(C)C(=O)Nc2cccc(Br)c2)c1. The lowest BCUT2D eigenvalue weighted by Gasteiger charge is -2.13. The van der Waals surface area contributed by atoms with Crippen LogP contribution in [0.5, 0.6) is 0 Å². The smallest absolute Gasteiger partial charge is 0.237 e. The van der Waals surface area contributed by atoms with E-state index in [4.69, 9.17) is 0 Å². The summed E-state index contributed by atoms with van der Waals surface area (Å²) in [4.78, 5) is 23.8. The van der Waals surface area contributed by atoms with Crippen LogP contribution < -0.4 is 10.6 Å². The van der Waals surface area contributed by atoms with Crippen LogP contribution in [0.3, 0.4) is 0 Å². The molecule has 0 aliphatic rings. The summed E-state index contributed by atoms with van der Waals surface area (Å²) in [6.07, 6.45) is 1.58. The molecule has 2 amide bonds. The van der Waals surface area contributed by atoms with Gasteiger partial charge in [0.1, 0.15) is 6.33 Å². The second kappa shape index (κ2) is 9.03. The first-order chi connectivity index (χ1) is 13.4. The first-order valence-electron chi connectivity index (χ1n) is 8.43. The number of aromatic nitrogens is 3. The van der Waals surface area contributed by atoms with E-state index in [2.05, 4.69) is 36.8 Å². The Morgan fingerprint density at radius 3 is 2.54 bits per heavy atom. The maximum Gasteiger partial charge on any atom is 0.237 e. The number of carbonyl (C=O) groups is 2. The molecule has 2 N–H and O–H groups in total. The maximum atomic E-state index is 12.5. The maximum absolute atomic E-state index is 12.5. The molecule has 1 atom stereocenters. The van der Waals surface area contributed by atoms with Crippen LogP contribution in [0.15, 0.2) is 64.5 Å². The van der Waals surface area contributed by atoms with E-state index in [1.807, 2.05) is 49.4 Å². The molecule has 0 fully saturated rings. The zero-order valence-electron chi connectivity index (χ0n) is 15.2. The van der Waals surface area contributed by atoms with Crippen LogP contribution in [0.2, 0.25) is 0 Å². The molecule has 0 spiro atoms. The molecule has 0 radical (unpaired) electrons. The number of amides is 2. The molecule has 2 aromatic carbocycles. The molecule has 3 rings (SSSR count). The molecule has 28 heavy (non-hydrogen) atoms. The lowest BCUT2D eigenvalue weighted by Crippen LogP contribution is -2.22. The van der Waals surface area contributed by atoms with E-state index in [0.29, 0.717) is 10.8 Å². The summed E-state index contributed by atoms with van der Waals surface area (Å²) in [5.74, 6) is -0.280. The molecular weight excluding hydrogens is 442 g/mol. The Bertz CT molecular complexity index is 1010. The van der Waals surface area contributed by atoms with Crippen molar-refractivity contribution in [2.24, 2.45) is 0 Å². The van der Waals surface area contributed by atoms with Crippen molar-refractivity contribution in [2.45, 2.75) is 24.3 Å². The van der Waals surface area contributed by atoms with E-state index in [1.54, 1.807) is 17.0 Å². The number of hydrogen-bond donors (Lipinski definition) is 2. The predicted molar refractivity (Wildman–Crippen MR) is 114 cm³/mol. The van der Waals surface area contributed by atoms with Gasteiger partial charge in [0, 0.05) is 22.8 Å². The summed E-state index contributed by atoms with van der Waals surface area (Å²) in [5, 5.41) is 13.9. The summed E-state index contributed by atoms with van der Waals surface area (Å²) in [6, 6.07) is 14.8. The van der Waals surface area contributed by atoms with Gasteiger partial charge >= 0.3 is 0 Å². The fourth-order valence-corrected chi connectivity index (χ4v) is 3.68. The number of hydrogen-bond acceptors (Lipinski definition) is 5. The monoisotopic (exact) mass is 459 g/mol. The van der Waals surface area contributed by atoms with E-state index < -0.39 is 0 Å². The minimum Gasteiger partial charge on any atom is -0.326 e. The highest BCUT2D eigenvalue weighted by molar-refractivity contribution is 9.10. The van der Waals surface area contributed by atoms with Crippen LogP contribution in [0.25, 0.3) is 5.69 Å². The highest BCUT2D eigenvalue weighted by atomic mass is 79.9. The lowest BCUT2D eigenvalue weighted by atomic mass is 10.2. The van der Waals surface area contributed by atoms with Crippen molar-refractivity contribution in [3.63, 3.8) is 0 Å². The zero-order chi connectivity index (χ0) is 20.1. The fraction of sp³-hybridized carbons (Fsp3) is 0.158. The molecule has 0 bridgehead atoms. The third kappa shape index (κ3) is 5.20. The van der Waals surface area contributed by atoms with Crippen molar-refractivity contribution in [1.29, 1.82) is 0 Å². The van der Waals surface area contributed by atoms with E-state index >= 15 is 0 Å². The highest BCUT2D eigenvalue weighted by Crippen LogP contribution is 2.26. The number of carbonyl (C=O) groups excluding carboxylic acids is 2. The Kier molecular flexibility index (Phi) is 6.48. The topological polar surface area (TPSA) is 88.9 Å². The van der Waals surface area contributed by atoms with Gasteiger partial charge in [-0.05, 0) is 43.3 Å². The summed E-state index contributed by atoms with van der Waals surface area (Å²) < 4.78 is 2.67. The van der Waals surface area contributed by atoms with Gasteiger partial charge in [-0.2, -0.15) is 0 Å². The van der Waals surface area contributed by atoms with Crippen molar-refractivity contribution in [2.75, 3.05) is 10.6 Å². The van der Waals surface area contributed by atoms with Gasteiger partial charge in [-0.1, -0.05) is 39.8 Å². The summed E-state index contributed by atoms with van der Waals surface area (Å²) >= 11 is 4.69. The van der Waals surface area contributed by atoms with Gasteiger partial charge < -0.3 is 10.6 Å². The summed E-state index contributed by atoms with van der Waals surface area (Å²) in [7, 11) is 0. The minimum absolute atomic E-state index is 0.135. The largest absolute Gasteiger partial charge is 0.326 e. The molecule has 9 heteroatoms. The van der Waals surface area contributed by atoms with Gasteiger partial charge in [0.15, 0.2) is 5.16 Å². The molecule has 144 valence electrons. The van der Waals surface area contributed by atoms with E-state index in [9.17, 15) is 9.59 Å². The first-order valence-corrected chi connectivity index (χ1v) is 10.1. The highest BCUT2D eigenvalue weighted by Gasteiger charge is 2.19. The number of halogens is 1. The number of nitrogens with one attached hydrogen (secondary N) is 2. The number of rotatable bonds is 6. The number of thioether (sulfide) groups is 1. The molecule has 1 unspecified atom stereocenters. The molecule has 0 saturated heterocycles. The molecule has 3 aromatic rings. The average Bonchev–Trinajstić information content (AvgIpc) is 3.09. The predicted octanol–water partition coefficient (Wildman–Crippen LogP) is 4.11. The zero-order valence-corrected chi connectivity index (χ0v) is 17.6. The molecule has 0 aliphatic heterocycles. The van der Waals surface area contributed by atoms with Crippen molar-refractivity contribution in [1.82, 2.24) is 14.8 Å². The Balaban J connectivity index is 1.73. The molecule has 0 aliphatic carbocycles. The third-order valence-electron chi connectivity index (χ3n) is 3.70. The van der Waals surface area contributed by atoms with Crippen molar-refractivity contribution in [3.8, 4) is 5.69 Å². The van der Waals surface area contributed by atoms with Gasteiger partial charge in [0.25, 0.3) is 0 Å². The van der Waals surface area contributed by atoms with Crippen LogP contribution in [0.4, 0.5) is 11.4 Å². The second-order valence-corrected chi connectivity index (χ2v) is 8.20. The van der Waals surface area contributed by atoms with Crippen LogP contribution in [0, 0.1) is 0 Å². The molecule has 0 saturated carbocycles. The third-order valence-corrected chi connectivity index (χ3v) is 5.25. The van der Waals surface area contributed by atoms with E-state index in [-0.39, 0.29) is 17.1 Å². The quantitative estimate of drug-likeness (QED) is 0.541. The van der Waals surface area contributed by atoms with Gasteiger partial charge in [-0.3, -0.25) is 14.2 Å². The average molecular weight is 460 g/mol. The first kappa shape index (κ1) is 20.1. The lowest BCUT2D eigenvalue weighted by molar-refractivity contribution is -0.115. The molecule has 1 heterocycles. The molecule has 1 aromatic heterocycles. The van der Waals surface area contributed by atoms with Crippen molar-refractivity contribution >= 4 is 50.9 Å². The van der Waals surface area contributed by atoms with Gasteiger partial charge in [-0.25, -0.2) is 0 Å². The van der Waals surface area contributed by atoms with Gasteiger partial charge in [-0.15, -0.1) is 10.2 Å². The van der Waals surface area contributed by atoms with Gasteiger partial charge in [0.05, 0.1) is 10.9 Å². The van der Waals surface area contributed by atoms with E-state index in [0.717, 1.165) is 15.8 Å². The Morgan fingerprint density at radius 2 is 1.82 bits per heavy atom. The normalized spacial score (nSPS) is 11.7. The van der Waals surface area contributed by atoms with Crippen LogP contribution in [-0.2, 0) is 9.59 Å².